The van der Waals surface area contributed by atoms with E-state index in [0.29, 0.717) is 23.0 Å². The number of nitro benzene ring substituents is 1. The number of carboxylic acids is 1. The number of aliphatic carboxylic acids is 1. The molecule has 10 heteroatoms. The minimum Gasteiger partial charge on any atom is -0.497 e. The molecule has 1 aliphatic heterocycles. The molecule has 0 aromatic heterocycles. The van der Waals surface area contributed by atoms with E-state index in [1.54, 1.807) is 25.0 Å². The summed E-state index contributed by atoms with van der Waals surface area (Å²) in [5, 5.41) is 21.7. The Morgan fingerprint density at radius 2 is 2.03 bits per heavy atom. The van der Waals surface area contributed by atoms with Crippen molar-refractivity contribution in [2.75, 3.05) is 13.7 Å². The highest BCUT2D eigenvalue weighted by Crippen LogP contribution is 2.34. The van der Waals surface area contributed by atoms with Gasteiger partial charge in [0.25, 0.3) is 5.69 Å². The number of hydrogen-bond acceptors (Lipinski definition) is 8. The molecule has 9 nitrogen and oxygen atoms in total. The van der Waals surface area contributed by atoms with Crippen LogP contribution in [0.2, 0.25) is 0 Å². The third kappa shape index (κ3) is 5.58. The number of carboxylic acid groups (broad SMARTS) is 1. The van der Waals surface area contributed by atoms with Gasteiger partial charge in [-0.2, -0.15) is 0 Å². The second-order valence-corrected chi connectivity index (χ2v) is 8.17. The molecule has 172 valence electrons. The third-order valence-electron chi connectivity index (χ3n) is 5.17. The van der Waals surface area contributed by atoms with Crippen molar-refractivity contribution < 1.29 is 24.4 Å². The zero-order valence-electron chi connectivity index (χ0n) is 18.1. The van der Waals surface area contributed by atoms with Crippen molar-refractivity contribution in [3.8, 4) is 5.75 Å². The lowest BCUT2D eigenvalue weighted by atomic mass is 9.98. The van der Waals surface area contributed by atoms with Gasteiger partial charge >= 0.3 is 5.97 Å². The van der Waals surface area contributed by atoms with Gasteiger partial charge in [-0.25, -0.2) is 9.79 Å². The van der Waals surface area contributed by atoms with Crippen LogP contribution in [-0.2, 0) is 15.3 Å². The summed E-state index contributed by atoms with van der Waals surface area (Å²) in [6.07, 6.45) is 0.990. The third-order valence-corrected chi connectivity index (χ3v) is 6.23. The first-order valence-electron chi connectivity index (χ1n) is 10.1. The van der Waals surface area contributed by atoms with E-state index in [1.165, 1.54) is 30.0 Å². The van der Waals surface area contributed by atoms with E-state index in [2.05, 4.69) is 4.99 Å². The zero-order valence-corrected chi connectivity index (χ0v) is 18.9. The Morgan fingerprint density at radius 1 is 1.30 bits per heavy atom. The quantitative estimate of drug-likeness (QED) is 0.332. The Kier molecular flexibility index (Phi) is 7.83. The Labute approximate surface area is 194 Å². The molecule has 0 saturated heterocycles. The smallest absolute Gasteiger partial charge is 0.335 e. The number of nitro groups is 1. The van der Waals surface area contributed by atoms with E-state index < -0.39 is 16.9 Å². The van der Waals surface area contributed by atoms with Crippen molar-refractivity contribution in [1.82, 2.24) is 4.90 Å². The number of nitrogens with zero attached hydrogens (tertiary/aromatic N) is 3. The Balaban J connectivity index is 2.02. The number of non-ortho nitro benzene ring substituents is 1. The van der Waals surface area contributed by atoms with Gasteiger partial charge in [0.2, 0.25) is 0 Å². The van der Waals surface area contributed by atoms with Gasteiger partial charge in [-0.1, -0.05) is 36.0 Å². The summed E-state index contributed by atoms with van der Waals surface area (Å²) in [7, 11) is 1.59. The molecule has 1 heterocycles. The number of carbonyl (C=O) groups is 2. The molecule has 0 bridgehead atoms. The number of carbonyl (C=O) groups excluding carboxylic acids is 1. The highest BCUT2D eigenvalue weighted by Gasteiger charge is 2.33. The van der Waals surface area contributed by atoms with Gasteiger partial charge in [0, 0.05) is 36.4 Å². The average Bonchev–Trinajstić information content (AvgIpc) is 2.81. The number of hydrogen-bond donors (Lipinski definition) is 1. The van der Waals surface area contributed by atoms with Gasteiger partial charge in [0.05, 0.1) is 29.3 Å². The molecular weight excluding hydrogens is 446 g/mol. The van der Waals surface area contributed by atoms with E-state index in [4.69, 9.17) is 4.74 Å². The summed E-state index contributed by atoms with van der Waals surface area (Å²) >= 11 is 1.41. The van der Waals surface area contributed by atoms with E-state index >= 15 is 0 Å². The zero-order chi connectivity index (χ0) is 24.0. The van der Waals surface area contributed by atoms with E-state index in [-0.39, 0.29) is 23.4 Å². The average molecular weight is 470 g/mol. The summed E-state index contributed by atoms with van der Waals surface area (Å²) in [4.78, 5) is 40.3. The lowest BCUT2D eigenvalue weighted by Crippen LogP contribution is -2.43. The van der Waals surface area contributed by atoms with E-state index in [9.17, 15) is 24.8 Å². The topological polar surface area (TPSA) is 122 Å². The van der Waals surface area contributed by atoms with Gasteiger partial charge in [-0.15, -0.1) is 0 Å². The lowest BCUT2D eigenvalue weighted by molar-refractivity contribution is -0.384. The number of thioether (sulfide) groups is 1. The van der Waals surface area contributed by atoms with Crippen LogP contribution in [0.25, 0.3) is 5.70 Å². The molecule has 1 atom stereocenters. The van der Waals surface area contributed by atoms with Crippen LogP contribution in [0.15, 0.2) is 59.1 Å². The van der Waals surface area contributed by atoms with Crippen LogP contribution in [0.4, 0.5) is 5.69 Å². The van der Waals surface area contributed by atoms with Crippen molar-refractivity contribution in [1.29, 1.82) is 0 Å². The van der Waals surface area contributed by atoms with Gasteiger partial charge < -0.3 is 19.5 Å². The Bertz CT molecular complexity index is 1110. The first-order chi connectivity index (χ1) is 15.8. The molecule has 0 saturated carbocycles. The number of ether oxygens (including phenoxy) is 1. The minimum atomic E-state index is -1.16. The highest BCUT2D eigenvalue weighted by atomic mass is 32.2. The second-order valence-electron chi connectivity index (χ2n) is 7.23. The van der Waals surface area contributed by atoms with Crippen molar-refractivity contribution in [2.24, 2.45) is 4.99 Å². The number of methoxy groups -OCH3 is 1. The Hall–Kier alpha value is -3.66. The standard InChI is InChI=1S/C23H23N3O6S/c1-15-20(22(28)29)21(17-5-3-6-18(13-17)26(30)31)24-23(25(15)11-4-12-27)33-14-16-7-9-19(32-2)10-8-16/h3,5-10,12-13,15H,4,11,14H2,1-2H3,(H,28,29). The number of rotatable bonds is 9. The molecule has 1 unspecified atom stereocenters. The predicted molar refractivity (Wildman–Crippen MR) is 126 cm³/mol. The summed E-state index contributed by atoms with van der Waals surface area (Å²) in [6.45, 7) is 2.03. The van der Waals surface area contributed by atoms with Crippen LogP contribution in [-0.4, -0.2) is 52.0 Å². The maximum Gasteiger partial charge on any atom is 0.335 e. The van der Waals surface area contributed by atoms with E-state index in [1.807, 2.05) is 24.3 Å². The molecule has 0 aliphatic carbocycles. The number of aldehydes is 1. The molecule has 3 rings (SSSR count). The second kappa shape index (κ2) is 10.8. The largest absolute Gasteiger partial charge is 0.497 e. The summed E-state index contributed by atoms with van der Waals surface area (Å²) in [5.41, 5.74) is 1.42. The van der Waals surface area contributed by atoms with Crippen molar-refractivity contribution in [3.05, 3.63) is 75.3 Å². The van der Waals surface area contributed by atoms with Crippen LogP contribution in [0, 0.1) is 10.1 Å². The first kappa shape index (κ1) is 24.0. The molecule has 1 N–H and O–H groups in total. The van der Waals surface area contributed by atoms with Gasteiger partial charge in [-0.05, 0) is 24.6 Å². The molecule has 33 heavy (non-hydrogen) atoms. The van der Waals surface area contributed by atoms with Crippen LogP contribution in [0.1, 0.15) is 24.5 Å². The number of benzene rings is 2. The maximum absolute atomic E-state index is 12.2. The van der Waals surface area contributed by atoms with Crippen LogP contribution in [0.5, 0.6) is 5.75 Å². The van der Waals surface area contributed by atoms with E-state index in [0.717, 1.165) is 17.6 Å². The molecule has 1 aliphatic rings. The van der Waals surface area contributed by atoms with Gasteiger partial charge in [-0.3, -0.25) is 10.1 Å². The summed E-state index contributed by atoms with van der Waals surface area (Å²) in [6, 6.07) is 12.7. The number of aliphatic imine (C=N–C) groups is 1. The lowest BCUT2D eigenvalue weighted by Gasteiger charge is -2.36. The maximum atomic E-state index is 12.2. The molecule has 0 radical (unpaired) electrons. The first-order valence-corrected chi connectivity index (χ1v) is 11.1. The van der Waals surface area contributed by atoms with Gasteiger partial charge in [0.15, 0.2) is 5.17 Å². The summed E-state index contributed by atoms with van der Waals surface area (Å²) < 4.78 is 5.18. The molecular formula is C23H23N3O6S. The van der Waals surface area contributed by atoms with Crippen molar-refractivity contribution in [2.45, 2.75) is 25.1 Å². The summed E-state index contributed by atoms with van der Waals surface area (Å²) in [5.74, 6) is 0.127. The molecule has 0 amide bonds. The Morgan fingerprint density at radius 3 is 2.64 bits per heavy atom. The van der Waals surface area contributed by atoms with Crippen LogP contribution >= 0.6 is 11.8 Å². The fourth-order valence-electron chi connectivity index (χ4n) is 3.47. The van der Waals surface area contributed by atoms with Crippen LogP contribution < -0.4 is 4.74 Å². The molecule has 0 fully saturated rings. The molecule has 0 spiro atoms. The van der Waals surface area contributed by atoms with Crippen LogP contribution in [0.3, 0.4) is 0 Å². The SMILES string of the molecule is COc1ccc(CSC2=NC(c3cccc([N+](=O)[O-])c3)=C(C(=O)O)C(C)N2CCC=O)cc1. The van der Waals surface area contributed by atoms with Gasteiger partial charge in [0.1, 0.15) is 12.0 Å². The van der Waals surface area contributed by atoms with Crippen molar-refractivity contribution >= 4 is 40.6 Å². The molecule has 2 aromatic carbocycles. The normalized spacial score (nSPS) is 15.8. The fraction of sp³-hybridized carbons (Fsp3) is 0.261. The van der Waals surface area contributed by atoms with Crippen molar-refractivity contribution in [3.63, 3.8) is 0 Å². The monoisotopic (exact) mass is 469 g/mol. The number of amidine groups is 1. The molecule has 2 aromatic rings. The minimum absolute atomic E-state index is 0.0233. The fourth-order valence-corrected chi connectivity index (χ4v) is 4.53. The highest BCUT2D eigenvalue weighted by molar-refractivity contribution is 8.13. The predicted octanol–water partition coefficient (Wildman–Crippen LogP) is 3.98.